The molecule has 0 aliphatic heterocycles. The number of hydrogen-bond donors (Lipinski definition) is 1. The van der Waals surface area contributed by atoms with Crippen molar-refractivity contribution >= 4 is 5.91 Å². The van der Waals surface area contributed by atoms with E-state index >= 15 is 0 Å². The molecule has 0 bridgehead atoms. The number of hydrogen-bond acceptors (Lipinski definition) is 1. The van der Waals surface area contributed by atoms with Crippen LogP contribution in [0.25, 0.3) is 0 Å². The molecule has 0 fully saturated rings. The highest BCUT2D eigenvalue weighted by Crippen LogP contribution is 2.10. The molecule has 0 unspecified atom stereocenters. The van der Waals surface area contributed by atoms with Crippen molar-refractivity contribution in [3.63, 3.8) is 0 Å². The van der Waals surface area contributed by atoms with Crippen LogP contribution in [0.4, 0.5) is 0 Å². The maximum atomic E-state index is 11.2. The first-order valence-corrected chi connectivity index (χ1v) is 7.21. The third-order valence-corrected chi connectivity index (χ3v) is 2.92. The molecule has 0 radical (unpaired) electrons. The van der Waals surface area contributed by atoms with Crippen molar-refractivity contribution in [1.82, 2.24) is 5.32 Å². The average molecular weight is 239 g/mol. The fourth-order valence-corrected chi connectivity index (χ4v) is 1.84. The van der Waals surface area contributed by atoms with Crippen molar-refractivity contribution in [3.05, 3.63) is 12.3 Å². The maximum Gasteiger partial charge on any atom is 0.223 e. The van der Waals surface area contributed by atoms with Crippen LogP contribution in [0.15, 0.2) is 12.3 Å². The Morgan fingerprint density at radius 3 is 2.00 bits per heavy atom. The van der Waals surface area contributed by atoms with Crippen LogP contribution in [0.3, 0.4) is 0 Å². The van der Waals surface area contributed by atoms with Gasteiger partial charge in [0.05, 0.1) is 0 Å². The molecule has 0 rings (SSSR count). The van der Waals surface area contributed by atoms with Crippen LogP contribution < -0.4 is 5.32 Å². The van der Waals surface area contributed by atoms with Crippen LogP contribution in [0.2, 0.25) is 0 Å². The molecule has 2 heteroatoms. The first-order chi connectivity index (χ1) is 8.31. The molecule has 0 aromatic carbocycles. The van der Waals surface area contributed by atoms with Crippen molar-refractivity contribution in [2.24, 2.45) is 0 Å². The lowest BCUT2D eigenvalue weighted by molar-refractivity contribution is -0.120. The van der Waals surface area contributed by atoms with E-state index in [9.17, 15) is 4.79 Å². The maximum absolute atomic E-state index is 11.2. The summed E-state index contributed by atoms with van der Waals surface area (Å²) in [6.45, 7) is 4.15. The van der Waals surface area contributed by atoms with Gasteiger partial charge in [-0.25, -0.2) is 0 Å². The Kier molecular flexibility index (Phi) is 12.7. The molecule has 17 heavy (non-hydrogen) atoms. The van der Waals surface area contributed by atoms with Gasteiger partial charge in [0.1, 0.15) is 0 Å². The van der Waals surface area contributed by atoms with Gasteiger partial charge < -0.3 is 5.32 Å². The number of rotatable bonds is 11. The first-order valence-electron chi connectivity index (χ1n) is 7.21. The Balaban J connectivity index is 3.10. The van der Waals surface area contributed by atoms with Crippen LogP contribution in [-0.2, 0) is 4.79 Å². The SMILES string of the molecule is C/C=C/NC(=O)CCCCCCCCCCC. The van der Waals surface area contributed by atoms with Gasteiger partial charge in [0.2, 0.25) is 5.91 Å². The minimum Gasteiger partial charge on any atom is -0.333 e. The Bertz CT molecular complexity index is 199. The predicted molar refractivity (Wildman–Crippen MR) is 74.8 cm³/mol. The second-order valence-corrected chi connectivity index (χ2v) is 4.65. The molecule has 0 aromatic rings. The topological polar surface area (TPSA) is 29.1 Å². The summed E-state index contributed by atoms with van der Waals surface area (Å²) in [6, 6.07) is 0. The Labute approximate surface area is 107 Å². The third kappa shape index (κ3) is 13.1. The number of unbranched alkanes of at least 4 members (excludes halogenated alkanes) is 8. The average Bonchev–Trinajstić information content (AvgIpc) is 2.34. The van der Waals surface area contributed by atoms with Crippen LogP contribution in [0.5, 0.6) is 0 Å². The number of carbonyl (C=O) groups excluding carboxylic acids is 1. The van der Waals surface area contributed by atoms with Crippen molar-refractivity contribution in [2.75, 3.05) is 0 Å². The Hall–Kier alpha value is -0.790. The number of carbonyl (C=O) groups is 1. The fraction of sp³-hybridized carbons (Fsp3) is 0.800. The van der Waals surface area contributed by atoms with E-state index < -0.39 is 0 Å². The molecule has 0 atom stereocenters. The van der Waals surface area contributed by atoms with E-state index in [1.54, 1.807) is 6.20 Å². The summed E-state index contributed by atoms with van der Waals surface area (Å²) < 4.78 is 0. The van der Waals surface area contributed by atoms with Gasteiger partial charge in [-0.05, 0) is 19.5 Å². The van der Waals surface area contributed by atoms with Gasteiger partial charge in [0.25, 0.3) is 0 Å². The highest BCUT2D eigenvalue weighted by Gasteiger charge is 1.98. The molecule has 0 heterocycles. The van der Waals surface area contributed by atoms with Crippen LogP contribution in [0.1, 0.15) is 78.1 Å². The second-order valence-electron chi connectivity index (χ2n) is 4.65. The van der Waals surface area contributed by atoms with Gasteiger partial charge in [0.15, 0.2) is 0 Å². The normalized spacial score (nSPS) is 10.9. The zero-order valence-corrected chi connectivity index (χ0v) is 11.6. The van der Waals surface area contributed by atoms with E-state index in [0.717, 1.165) is 6.42 Å². The number of nitrogens with one attached hydrogen (secondary N) is 1. The molecule has 0 aliphatic carbocycles. The lowest BCUT2D eigenvalue weighted by atomic mass is 10.1. The highest BCUT2D eigenvalue weighted by molar-refractivity contribution is 5.76. The van der Waals surface area contributed by atoms with E-state index in [2.05, 4.69) is 12.2 Å². The summed E-state index contributed by atoms with van der Waals surface area (Å²) in [5, 5.41) is 2.74. The third-order valence-electron chi connectivity index (χ3n) is 2.92. The van der Waals surface area contributed by atoms with Gasteiger partial charge in [-0.2, -0.15) is 0 Å². The second kappa shape index (κ2) is 13.3. The molecular formula is C15H29NO. The summed E-state index contributed by atoms with van der Waals surface area (Å²) in [5.74, 6) is 0.144. The quantitative estimate of drug-likeness (QED) is 0.526. The Morgan fingerprint density at radius 1 is 0.941 bits per heavy atom. The van der Waals surface area contributed by atoms with E-state index in [1.807, 2.05) is 13.0 Å². The molecule has 0 saturated carbocycles. The Morgan fingerprint density at radius 2 is 1.47 bits per heavy atom. The zero-order chi connectivity index (χ0) is 12.8. The summed E-state index contributed by atoms with van der Waals surface area (Å²) in [5.41, 5.74) is 0. The smallest absolute Gasteiger partial charge is 0.223 e. The van der Waals surface area contributed by atoms with Gasteiger partial charge in [-0.1, -0.05) is 64.4 Å². The van der Waals surface area contributed by atoms with E-state index in [0.29, 0.717) is 6.42 Å². The summed E-state index contributed by atoms with van der Waals surface area (Å²) in [7, 11) is 0. The van der Waals surface area contributed by atoms with Gasteiger partial charge in [-0.3, -0.25) is 4.79 Å². The summed E-state index contributed by atoms with van der Waals surface area (Å²) in [6.07, 6.45) is 15.9. The lowest BCUT2D eigenvalue weighted by Gasteiger charge is -2.02. The molecule has 2 nitrogen and oxygen atoms in total. The van der Waals surface area contributed by atoms with E-state index in [4.69, 9.17) is 0 Å². The van der Waals surface area contributed by atoms with Gasteiger partial charge in [0, 0.05) is 6.42 Å². The molecule has 0 aliphatic rings. The van der Waals surface area contributed by atoms with Crippen LogP contribution in [0, 0.1) is 0 Å². The zero-order valence-electron chi connectivity index (χ0n) is 11.6. The van der Waals surface area contributed by atoms with E-state index in [-0.39, 0.29) is 5.91 Å². The van der Waals surface area contributed by atoms with Crippen molar-refractivity contribution in [1.29, 1.82) is 0 Å². The van der Waals surface area contributed by atoms with E-state index in [1.165, 1.54) is 51.4 Å². The number of amides is 1. The molecule has 0 aromatic heterocycles. The first kappa shape index (κ1) is 16.2. The predicted octanol–water partition coefficient (Wildman–Crippen LogP) is 4.56. The van der Waals surface area contributed by atoms with Crippen LogP contribution >= 0.6 is 0 Å². The van der Waals surface area contributed by atoms with Gasteiger partial charge >= 0.3 is 0 Å². The minimum atomic E-state index is 0.144. The largest absolute Gasteiger partial charge is 0.333 e. The van der Waals surface area contributed by atoms with Crippen LogP contribution in [-0.4, -0.2) is 5.91 Å². The molecule has 100 valence electrons. The lowest BCUT2D eigenvalue weighted by Crippen LogP contribution is -2.15. The molecular weight excluding hydrogens is 210 g/mol. The van der Waals surface area contributed by atoms with Crippen molar-refractivity contribution < 1.29 is 4.79 Å². The standard InChI is InChI=1S/C15H29NO/c1-3-5-6-7-8-9-10-11-12-13-15(17)16-14-4-2/h4,14H,3,5-13H2,1-2H3,(H,16,17)/b14-4+. The fourth-order valence-electron chi connectivity index (χ4n) is 1.84. The van der Waals surface area contributed by atoms with Crippen molar-refractivity contribution in [3.8, 4) is 0 Å². The molecule has 1 N–H and O–H groups in total. The molecule has 0 spiro atoms. The monoisotopic (exact) mass is 239 g/mol. The minimum absolute atomic E-state index is 0.144. The van der Waals surface area contributed by atoms with Gasteiger partial charge in [-0.15, -0.1) is 0 Å². The summed E-state index contributed by atoms with van der Waals surface area (Å²) >= 11 is 0. The molecule has 1 amide bonds. The molecule has 0 saturated heterocycles. The van der Waals surface area contributed by atoms with Crippen molar-refractivity contribution in [2.45, 2.75) is 78.1 Å². The summed E-state index contributed by atoms with van der Waals surface area (Å²) in [4.78, 5) is 11.2. The highest BCUT2D eigenvalue weighted by atomic mass is 16.1. The number of allylic oxidation sites excluding steroid dienone is 1.